The van der Waals surface area contributed by atoms with Gasteiger partial charge in [-0.05, 0) is 37.2 Å². The summed E-state index contributed by atoms with van der Waals surface area (Å²) in [6.07, 6.45) is 4.01. The van der Waals surface area contributed by atoms with Gasteiger partial charge in [-0.25, -0.2) is 0 Å². The van der Waals surface area contributed by atoms with Crippen LogP contribution in [0, 0.1) is 5.92 Å². The topological polar surface area (TPSA) is 17.1 Å². The lowest BCUT2D eigenvalue weighted by Gasteiger charge is -2.32. The van der Waals surface area contributed by atoms with Crippen LogP contribution in [0.4, 0.5) is 0 Å². The summed E-state index contributed by atoms with van der Waals surface area (Å²) < 4.78 is 0. The molecule has 2 rings (SSSR count). The van der Waals surface area contributed by atoms with Gasteiger partial charge in [0.05, 0.1) is 0 Å². The quantitative estimate of drug-likeness (QED) is 0.681. The van der Waals surface area contributed by atoms with Crippen LogP contribution in [0.3, 0.4) is 0 Å². The largest absolute Gasteiger partial charge is 0.295 e. The van der Waals surface area contributed by atoms with Crippen molar-refractivity contribution in [3.05, 3.63) is 35.4 Å². The zero-order valence-electron chi connectivity index (χ0n) is 9.49. The van der Waals surface area contributed by atoms with Gasteiger partial charge in [0.25, 0.3) is 0 Å². The van der Waals surface area contributed by atoms with Gasteiger partial charge in [-0.15, -0.1) is 0 Å². The number of carbonyl (C=O) groups is 1. The molecule has 1 aliphatic carbocycles. The third kappa shape index (κ3) is 1.97. The van der Waals surface area contributed by atoms with Crippen LogP contribution in [0.2, 0.25) is 0 Å². The fraction of sp³-hybridized carbons (Fsp3) is 0.500. The van der Waals surface area contributed by atoms with Gasteiger partial charge in [0.2, 0.25) is 0 Å². The monoisotopic (exact) mass is 202 g/mol. The van der Waals surface area contributed by atoms with Gasteiger partial charge in [0, 0.05) is 5.56 Å². The van der Waals surface area contributed by atoms with Gasteiger partial charge in [-0.1, -0.05) is 37.6 Å². The molecule has 1 aromatic rings. The highest BCUT2D eigenvalue weighted by atomic mass is 16.1. The van der Waals surface area contributed by atoms with Crippen LogP contribution < -0.4 is 0 Å². The number of benzene rings is 1. The zero-order valence-corrected chi connectivity index (χ0v) is 9.49. The third-order valence-corrected chi connectivity index (χ3v) is 3.69. The third-order valence-electron chi connectivity index (χ3n) is 3.69. The van der Waals surface area contributed by atoms with E-state index in [0.29, 0.717) is 5.92 Å². The normalized spacial score (nSPS) is 18.3. The van der Waals surface area contributed by atoms with Crippen molar-refractivity contribution >= 4 is 5.78 Å². The summed E-state index contributed by atoms with van der Waals surface area (Å²) in [5.74, 6) is 1.53. The van der Waals surface area contributed by atoms with Gasteiger partial charge in [0.1, 0.15) is 0 Å². The van der Waals surface area contributed by atoms with Gasteiger partial charge in [0.15, 0.2) is 5.78 Å². The lowest BCUT2D eigenvalue weighted by molar-refractivity contribution is 0.101. The van der Waals surface area contributed by atoms with Crippen LogP contribution in [0.1, 0.15) is 54.9 Å². The van der Waals surface area contributed by atoms with Crippen LogP contribution in [0.15, 0.2) is 24.3 Å². The van der Waals surface area contributed by atoms with E-state index in [1.807, 2.05) is 18.2 Å². The first-order valence-corrected chi connectivity index (χ1v) is 5.80. The lowest BCUT2D eigenvalue weighted by Crippen LogP contribution is -2.19. The summed E-state index contributed by atoms with van der Waals surface area (Å²) in [6, 6.07) is 8.05. The molecule has 1 saturated carbocycles. The molecule has 1 unspecified atom stereocenters. The summed E-state index contributed by atoms with van der Waals surface area (Å²) in [5.41, 5.74) is 2.16. The predicted molar refractivity (Wildman–Crippen MR) is 62.2 cm³/mol. The molecule has 1 aliphatic rings. The van der Waals surface area contributed by atoms with E-state index in [1.54, 1.807) is 6.92 Å². The molecule has 80 valence electrons. The van der Waals surface area contributed by atoms with Crippen LogP contribution >= 0.6 is 0 Å². The average molecular weight is 202 g/mol. The van der Waals surface area contributed by atoms with E-state index in [2.05, 4.69) is 13.0 Å². The van der Waals surface area contributed by atoms with Gasteiger partial charge >= 0.3 is 0 Å². The molecule has 1 fully saturated rings. The molecule has 1 nitrogen and oxygen atoms in total. The highest BCUT2D eigenvalue weighted by Crippen LogP contribution is 2.39. The fourth-order valence-electron chi connectivity index (χ4n) is 2.41. The standard InChI is InChI=1S/C14H18O/c1-10(12-6-5-7-12)13-8-3-4-9-14(13)11(2)15/h3-4,8-10,12H,5-7H2,1-2H3. The second kappa shape index (κ2) is 4.18. The first-order valence-electron chi connectivity index (χ1n) is 5.80. The van der Waals surface area contributed by atoms with Crippen LogP contribution in [-0.4, -0.2) is 5.78 Å². The number of ketones is 1. The molecule has 0 amide bonds. The Kier molecular flexibility index (Phi) is 2.90. The number of Topliss-reactive ketones (excluding diaryl/α,β-unsaturated/α-hetero) is 1. The molecule has 0 heterocycles. The number of hydrogen-bond acceptors (Lipinski definition) is 1. The predicted octanol–water partition coefficient (Wildman–Crippen LogP) is 3.79. The van der Waals surface area contributed by atoms with Crippen molar-refractivity contribution in [1.29, 1.82) is 0 Å². The number of rotatable bonds is 3. The minimum absolute atomic E-state index is 0.191. The van der Waals surface area contributed by atoms with Crippen LogP contribution in [0.5, 0.6) is 0 Å². The van der Waals surface area contributed by atoms with E-state index in [9.17, 15) is 4.79 Å². The Morgan fingerprint density at radius 2 is 2.00 bits per heavy atom. The molecular formula is C14H18O. The second-order valence-electron chi connectivity index (χ2n) is 4.62. The Labute approximate surface area is 91.5 Å². The van der Waals surface area contributed by atoms with Gasteiger partial charge < -0.3 is 0 Å². The molecule has 0 spiro atoms. The molecule has 15 heavy (non-hydrogen) atoms. The number of hydrogen-bond donors (Lipinski definition) is 0. The summed E-state index contributed by atoms with van der Waals surface area (Å²) in [7, 11) is 0. The minimum atomic E-state index is 0.191. The Morgan fingerprint density at radius 3 is 2.53 bits per heavy atom. The van der Waals surface area contributed by atoms with E-state index in [4.69, 9.17) is 0 Å². The van der Waals surface area contributed by atoms with Gasteiger partial charge in [-0.2, -0.15) is 0 Å². The first kappa shape index (κ1) is 10.4. The van der Waals surface area contributed by atoms with Crippen molar-refractivity contribution in [3.63, 3.8) is 0 Å². The van der Waals surface area contributed by atoms with Gasteiger partial charge in [-0.3, -0.25) is 4.79 Å². The van der Waals surface area contributed by atoms with E-state index in [1.165, 1.54) is 24.8 Å². The molecule has 1 aromatic carbocycles. The maximum atomic E-state index is 11.5. The highest BCUT2D eigenvalue weighted by Gasteiger charge is 2.26. The fourth-order valence-corrected chi connectivity index (χ4v) is 2.41. The molecule has 0 N–H and O–H groups in total. The lowest BCUT2D eigenvalue weighted by atomic mass is 9.73. The highest BCUT2D eigenvalue weighted by molar-refractivity contribution is 5.95. The van der Waals surface area contributed by atoms with Crippen molar-refractivity contribution in [2.24, 2.45) is 5.92 Å². The van der Waals surface area contributed by atoms with Crippen molar-refractivity contribution in [2.45, 2.75) is 39.0 Å². The average Bonchev–Trinajstić information content (AvgIpc) is 2.15. The number of carbonyl (C=O) groups excluding carboxylic acids is 1. The summed E-state index contributed by atoms with van der Waals surface area (Å²) in [5, 5.41) is 0. The maximum Gasteiger partial charge on any atom is 0.160 e. The Hall–Kier alpha value is -1.11. The summed E-state index contributed by atoms with van der Waals surface area (Å²) in [6.45, 7) is 3.91. The molecule has 1 heteroatoms. The van der Waals surface area contributed by atoms with E-state index in [0.717, 1.165) is 11.5 Å². The van der Waals surface area contributed by atoms with E-state index in [-0.39, 0.29) is 5.78 Å². The van der Waals surface area contributed by atoms with E-state index < -0.39 is 0 Å². The summed E-state index contributed by atoms with van der Waals surface area (Å²) >= 11 is 0. The molecular weight excluding hydrogens is 184 g/mol. The van der Waals surface area contributed by atoms with Crippen LogP contribution in [-0.2, 0) is 0 Å². The molecule has 0 radical (unpaired) electrons. The maximum absolute atomic E-state index is 11.5. The Bertz CT molecular complexity index is 363. The summed E-state index contributed by atoms with van der Waals surface area (Å²) in [4.78, 5) is 11.5. The molecule has 0 aromatic heterocycles. The smallest absolute Gasteiger partial charge is 0.160 e. The van der Waals surface area contributed by atoms with Crippen LogP contribution in [0.25, 0.3) is 0 Å². The van der Waals surface area contributed by atoms with Crippen molar-refractivity contribution in [3.8, 4) is 0 Å². The Morgan fingerprint density at radius 1 is 1.33 bits per heavy atom. The zero-order chi connectivity index (χ0) is 10.8. The SMILES string of the molecule is CC(=O)c1ccccc1C(C)C1CCC1. The molecule has 0 bridgehead atoms. The first-order chi connectivity index (χ1) is 7.20. The molecule has 1 atom stereocenters. The molecule has 0 saturated heterocycles. The van der Waals surface area contributed by atoms with E-state index >= 15 is 0 Å². The Balaban J connectivity index is 2.29. The van der Waals surface area contributed by atoms with Crippen molar-refractivity contribution < 1.29 is 4.79 Å². The minimum Gasteiger partial charge on any atom is -0.295 e. The molecule has 0 aliphatic heterocycles. The van der Waals surface area contributed by atoms with Crippen molar-refractivity contribution in [2.75, 3.05) is 0 Å². The second-order valence-corrected chi connectivity index (χ2v) is 4.62. The van der Waals surface area contributed by atoms with Crippen molar-refractivity contribution in [1.82, 2.24) is 0 Å².